The number of benzene rings is 1. The van der Waals surface area contributed by atoms with Crippen molar-refractivity contribution in [3.63, 3.8) is 0 Å². The summed E-state index contributed by atoms with van der Waals surface area (Å²) in [7, 11) is 0. The van der Waals surface area contributed by atoms with Gasteiger partial charge in [-0.15, -0.1) is 0 Å². The van der Waals surface area contributed by atoms with Crippen molar-refractivity contribution in [3.8, 4) is 5.75 Å². The number of alkyl halides is 2. The fraction of sp³-hybridized carbons (Fsp3) is 0.429. The number of likely N-dealkylation sites (tertiary alicyclic amines) is 1. The summed E-state index contributed by atoms with van der Waals surface area (Å²) in [6, 6.07) is 2.63. The number of carbonyl (C=O) groups is 2. The molecule has 2 amide bonds. The molecule has 1 heterocycles. The summed E-state index contributed by atoms with van der Waals surface area (Å²) in [6.07, 6.45) is -0.357. The average molecular weight is 332 g/mol. The molecule has 2 rings (SSSR count). The first-order chi connectivity index (χ1) is 10.8. The zero-order valence-corrected chi connectivity index (χ0v) is 12.0. The minimum Gasteiger partial charge on any atom is -0.492 e. The molecule has 0 aliphatic carbocycles. The van der Waals surface area contributed by atoms with Crippen LogP contribution in [0.4, 0.5) is 18.0 Å². The summed E-state index contributed by atoms with van der Waals surface area (Å²) in [5.74, 6) is -5.02. The zero-order valence-electron chi connectivity index (χ0n) is 12.0. The number of hydrogen-bond acceptors (Lipinski definition) is 3. The predicted octanol–water partition coefficient (Wildman–Crippen LogP) is 1.95. The molecule has 1 aromatic carbocycles. The van der Waals surface area contributed by atoms with Crippen LogP contribution in [0.5, 0.6) is 5.75 Å². The summed E-state index contributed by atoms with van der Waals surface area (Å²) in [5, 5.41) is 11.2. The molecule has 0 atom stereocenters. The highest BCUT2D eigenvalue weighted by molar-refractivity contribution is 5.88. The van der Waals surface area contributed by atoms with Gasteiger partial charge in [-0.2, -0.15) is 0 Å². The summed E-state index contributed by atoms with van der Waals surface area (Å²) in [6.45, 7) is -0.597. The molecule has 0 unspecified atom stereocenters. The normalized spacial score (nSPS) is 16.2. The molecule has 0 spiro atoms. The van der Waals surface area contributed by atoms with Gasteiger partial charge in [-0.3, -0.25) is 0 Å². The SMILES string of the molecule is O=C(O)c1cc(OCCNC(=O)N2CCC(F)(F)C2)ccc1F. The van der Waals surface area contributed by atoms with Crippen molar-refractivity contribution < 1.29 is 32.6 Å². The van der Waals surface area contributed by atoms with Gasteiger partial charge in [0.05, 0.1) is 18.7 Å². The molecule has 1 aromatic rings. The number of carboxylic acid groups (broad SMARTS) is 1. The van der Waals surface area contributed by atoms with Crippen molar-refractivity contribution in [1.82, 2.24) is 10.2 Å². The van der Waals surface area contributed by atoms with Gasteiger partial charge in [0.2, 0.25) is 0 Å². The molecule has 0 aromatic heterocycles. The molecule has 1 aliphatic heterocycles. The molecule has 23 heavy (non-hydrogen) atoms. The second-order valence-electron chi connectivity index (χ2n) is 5.05. The standard InChI is InChI=1S/C14H15F3N2O4/c15-11-2-1-9(7-10(11)12(20)21)23-6-4-18-13(22)19-5-3-14(16,17)8-19/h1-2,7H,3-6,8H2,(H,18,22)(H,20,21). The van der Waals surface area contributed by atoms with E-state index in [2.05, 4.69) is 5.32 Å². The van der Waals surface area contributed by atoms with E-state index in [1.165, 1.54) is 6.07 Å². The number of amides is 2. The number of carbonyl (C=O) groups excluding carboxylic acids is 1. The lowest BCUT2D eigenvalue weighted by Crippen LogP contribution is -2.41. The third-order valence-electron chi connectivity index (χ3n) is 3.27. The first-order valence-electron chi connectivity index (χ1n) is 6.85. The van der Waals surface area contributed by atoms with Crippen molar-refractivity contribution in [3.05, 3.63) is 29.6 Å². The van der Waals surface area contributed by atoms with Crippen LogP contribution in [0.1, 0.15) is 16.8 Å². The van der Waals surface area contributed by atoms with Crippen molar-refractivity contribution in [2.45, 2.75) is 12.3 Å². The molecular formula is C14H15F3N2O4. The number of urea groups is 1. The molecule has 0 bridgehead atoms. The highest BCUT2D eigenvalue weighted by atomic mass is 19.3. The van der Waals surface area contributed by atoms with E-state index in [4.69, 9.17) is 9.84 Å². The molecule has 9 heteroatoms. The van der Waals surface area contributed by atoms with Gasteiger partial charge in [0.15, 0.2) is 0 Å². The first kappa shape index (κ1) is 16.9. The second kappa shape index (κ2) is 6.76. The fourth-order valence-electron chi connectivity index (χ4n) is 2.11. The van der Waals surface area contributed by atoms with Crippen molar-refractivity contribution >= 4 is 12.0 Å². The van der Waals surface area contributed by atoms with E-state index < -0.39 is 35.8 Å². The molecule has 6 nitrogen and oxygen atoms in total. The van der Waals surface area contributed by atoms with Gasteiger partial charge < -0.3 is 20.1 Å². The molecule has 0 radical (unpaired) electrons. The number of rotatable bonds is 5. The molecule has 2 N–H and O–H groups in total. The Bertz CT molecular complexity index is 610. The Morgan fingerprint density at radius 3 is 2.74 bits per heavy atom. The Kier molecular flexibility index (Phi) is 4.97. The van der Waals surface area contributed by atoms with Gasteiger partial charge in [0.25, 0.3) is 5.92 Å². The molecule has 1 saturated heterocycles. The number of halogens is 3. The van der Waals surface area contributed by atoms with Crippen molar-refractivity contribution in [1.29, 1.82) is 0 Å². The van der Waals surface area contributed by atoms with E-state index in [0.717, 1.165) is 17.0 Å². The van der Waals surface area contributed by atoms with E-state index in [1.54, 1.807) is 0 Å². The molecule has 0 saturated carbocycles. The average Bonchev–Trinajstić information content (AvgIpc) is 2.85. The Morgan fingerprint density at radius 1 is 1.39 bits per heavy atom. The van der Waals surface area contributed by atoms with Crippen LogP contribution in [0, 0.1) is 5.82 Å². The summed E-state index contributed by atoms with van der Waals surface area (Å²) < 4.78 is 44.3. The van der Waals surface area contributed by atoms with Crippen LogP contribution in [0.25, 0.3) is 0 Å². The predicted molar refractivity (Wildman–Crippen MR) is 73.4 cm³/mol. The topological polar surface area (TPSA) is 78.9 Å². The van der Waals surface area contributed by atoms with Crippen molar-refractivity contribution in [2.75, 3.05) is 26.2 Å². The lowest BCUT2D eigenvalue weighted by atomic mass is 10.2. The van der Waals surface area contributed by atoms with Crippen LogP contribution in [-0.2, 0) is 0 Å². The number of carboxylic acids is 1. The van der Waals surface area contributed by atoms with Crippen LogP contribution in [0.15, 0.2) is 18.2 Å². The number of nitrogens with zero attached hydrogens (tertiary/aromatic N) is 1. The third-order valence-corrected chi connectivity index (χ3v) is 3.27. The smallest absolute Gasteiger partial charge is 0.338 e. The monoisotopic (exact) mass is 332 g/mol. The third kappa shape index (κ3) is 4.51. The van der Waals surface area contributed by atoms with Crippen LogP contribution < -0.4 is 10.1 Å². The first-order valence-corrected chi connectivity index (χ1v) is 6.85. The van der Waals surface area contributed by atoms with Crippen molar-refractivity contribution in [2.24, 2.45) is 0 Å². The Labute approximate surface area is 129 Å². The maximum Gasteiger partial charge on any atom is 0.338 e. The minimum absolute atomic E-state index is 0.0132. The Morgan fingerprint density at radius 2 is 2.13 bits per heavy atom. The minimum atomic E-state index is -2.85. The van der Waals surface area contributed by atoms with E-state index in [-0.39, 0.29) is 31.9 Å². The summed E-state index contributed by atoms with van der Waals surface area (Å²) in [5.41, 5.74) is -0.522. The van der Waals surface area contributed by atoms with Gasteiger partial charge in [-0.05, 0) is 18.2 Å². The maximum atomic E-state index is 13.2. The fourth-order valence-corrected chi connectivity index (χ4v) is 2.11. The molecular weight excluding hydrogens is 317 g/mol. The number of ether oxygens (including phenoxy) is 1. The summed E-state index contributed by atoms with van der Waals surface area (Å²) >= 11 is 0. The zero-order chi connectivity index (χ0) is 17.0. The molecule has 1 fully saturated rings. The second-order valence-corrected chi connectivity index (χ2v) is 5.05. The summed E-state index contributed by atoms with van der Waals surface area (Å²) in [4.78, 5) is 23.4. The van der Waals surface area contributed by atoms with Gasteiger partial charge in [0, 0.05) is 13.0 Å². The highest BCUT2D eigenvalue weighted by Crippen LogP contribution is 2.26. The van der Waals surface area contributed by atoms with Crippen LogP contribution >= 0.6 is 0 Å². The van der Waals surface area contributed by atoms with Gasteiger partial charge in [-0.1, -0.05) is 0 Å². The van der Waals surface area contributed by atoms with E-state index in [9.17, 15) is 22.8 Å². The van der Waals surface area contributed by atoms with E-state index in [1.807, 2.05) is 0 Å². The Balaban J connectivity index is 1.76. The number of hydrogen-bond donors (Lipinski definition) is 2. The molecule has 126 valence electrons. The number of aromatic carboxylic acids is 1. The van der Waals surface area contributed by atoms with E-state index >= 15 is 0 Å². The van der Waals surface area contributed by atoms with Gasteiger partial charge >= 0.3 is 12.0 Å². The van der Waals surface area contributed by atoms with Gasteiger partial charge in [0.1, 0.15) is 18.2 Å². The lowest BCUT2D eigenvalue weighted by molar-refractivity contribution is 0.0153. The van der Waals surface area contributed by atoms with Gasteiger partial charge in [-0.25, -0.2) is 22.8 Å². The molecule has 1 aliphatic rings. The van der Waals surface area contributed by atoms with Crippen LogP contribution in [0.3, 0.4) is 0 Å². The largest absolute Gasteiger partial charge is 0.492 e. The number of nitrogens with one attached hydrogen (secondary N) is 1. The quantitative estimate of drug-likeness (QED) is 0.808. The van der Waals surface area contributed by atoms with Crippen LogP contribution in [0.2, 0.25) is 0 Å². The lowest BCUT2D eigenvalue weighted by Gasteiger charge is -2.17. The highest BCUT2D eigenvalue weighted by Gasteiger charge is 2.40. The Hall–Kier alpha value is -2.45. The van der Waals surface area contributed by atoms with Crippen LogP contribution in [-0.4, -0.2) is 54.2 Å². The van der Waals surface area contributed by atoms with E-state index in [0.29, 0.717) is 0 Å². The maximum absolute atomic E-state index is 13.2.